The van der Waals surface area contributed by atoms with Gasteiger partial charge in [-0.1, -0.05) is 43.6 Å². The third kappa shape index (κ3) is 5.18. The number of fused-ring (bicyclic) bond motifs is 3. The molecule has 1 aromatic carbocycles. The van der Waals surface area contributed by atoms with Gasteiger partial charge >= 0.3 is 0 Å². The molecular formula is C28H43N3O3. The van der Waals surface area contributed by atoms with Crippen molar-refractivity contribution in [2.24, 2.45) is 17.0 Å². The van der Waals surface area contributed by atoms with Crippen LogP contribution >= 0.6 is 0 Å². The van der Waals surface area contributed by atoms with Crippen LogP contribution in [0.3, 0.4) is 0 Å². The first-order chi connectivity index (χ1) is 16.4. The Morgan fingerprint density at radius 1 is 1.09 bits per heavy atom. The van der Waals surface area contributed by atoms with Gasteiger partial charge in [0.25, 0.3) is 0 Å². The second-order valence-corrected chi connectivity index (χ2v) is 11.6. The Labute approximate surface area is 204 Å². The first-order valence-electron chi connectivity index (χ1n) is 13.6. The quantitative estimate of drug-likeness (QED) is 0.160. The molecular weight excluding hydrogens is 426 g/mol. The number of phenols is 1. The van der Waals surface area contributed by atoms with Gasteiger partial charge in [-0.15, -0.1) is 0 Å². The van der Waals surface area contributed by atoms with E-state index in [0.29, 0.717) is 24.1 Å². The van der Waals surface area contributed by atoms with Gasteiger partial charge in [0.1, 0.15) is 17.1 Å². The number of benzene rings is 1. The lowest BCUT2D eigenvalue weighted by Crippen LogP contribution is -2.47. The highest BCUT2D eigenvalue weighted by molar-refractivity contribution is 5.53. The summed E-state index contributed by atoms with van der Waals surface area (Å²) in [7, 11) is 0. The van der Waals surface area contributed by atoms with Crippen LogP contribution in [0.1, 0.15) is 114 Å². The van der Waals surface area contributed by atoms with Crippen LogP contribution in [0.2, 0.25) is 0 Å². The fourth-order valence-corrected chi connectivity index (χ4v) is 7.26. The Morgan fingerprint density at radius 3 is 2.56 bits per heavy atom. The Morgan fingerprint density at radius 2 is 1.82 bits per heavy atom. The summed E-state index contributed by atoms with van der Waals surface area (Å²) in [5.74, 6) is 2.22. The fraction of sp³-hybridized carbons (Fsp3) is 0.786. The summed E-state index contributed by atoms with van der Waals surface area (Å²) in [4.78, 5) is 2.82. The second-order valence-electron chi connectivity index (χ2n) is 11.6. The van der Waals surface area contributed by atoms with Crippen LogP contribution < -0.4 is 4.74 Å². The van der Waals surface area contributed by atoms with E-state index in [-0.39, 0.29) is 23.5 Å². The number of ether oxygens (including phenoxy) is 1. The first kappa shape index (κ1) is 25.2. The predicted octanol–water partition coefficient (Wildman–Crippen LogP) is 7.52. The predicted molar refractivity (Wildman–Crippen MR) is 135 cm³/mol. The van der Waals surface area contributed by atoms with E-state index in [0.717, 1.165) is 49.8 Å². The largest absolute Gasteiger partial charge is 0.508 e. The zero-order chi connectivity index (χ0) is 24.2. The SMILES string of the molecule is CC1(C)Oc2cc(C3(CCCCCCCN=[N+]=[N-])CCCC3)cc(O)c2[C@@H]2C[C@H](CO)CC[C@H]21. The van der Waals surface area contributed by atoms with Gasteiger partial charge in [0, 0.05) is 29.5 Å². The Balaban J connectivity index is 1.51. The summed E-state index contributed by atoms with van der Waals surface area (Å²) in [5.41, 5.74) is 10.5. The van der Waals surface area contributed by atoms with Crippen molar-refractivity contribution in [1.82, 2.24) is 0 Å². The molecule has 2 saturated carbocycles. The minimum Gasteiger partial charge on any atom is -0.508 e. The smallest absolute Gasteiger partial charge is 0.127 e. The van der Waals surface area contributed by atoms with Gasteiger partial charge in [-0.05, 0) is 99.3 Å². The summed E-state index contributed by atoms with van der Waals surface area (Å²) in [6.45, 7) is 5.23. The highest BCUT2D eigenvalue weighted by Gasteiger charge is 2.48. The Hall–Kier alpha value is -1.91. The summed E-state index contributed by atoms with van der Waals surface area (Å²) in [5, 5.41) is 24.8. The molecule has 1 heterocycles. The molecule has 3 atom stereocenters. The molecule has 2 N–H and O–H groups in total. The third-order valence-electron chi connectivity index (χ3n) is 9.12. The van der Waals surface area contributed by atoms with Gasteiger partial charge in [0.15, 0.2) is 0 Å². The lowest BCUT2D eigenvalue weighted by Gasteiger charge is -2.49. The van der Waals surface area contributed by atoms with Crippen molar-refractivity contribution in [2.45, 2.75) is 114 Å². The second kappa shape index (κ2) is 10.8. The normalized spacial score (nSPS) is 26.7. The lowest BCUT2D eigenvalue weighted by atomic mass is 9.63. The van der Waals surface area contributed by atoms with Crippen LogP contribution in [0.4, 0.5) is 0 Å². The maximum Gasteiger partial charge on any atom is 0.127 e. The summed E-state index contributed by atoms with van der Waals surface area (Å²) < 4.78 is 6.62. The molecule has 6 nitrogen and oxygen atoms in total. The first-order valence-corrected chi connectivity index (χ1v) is 13.6. The molecule has 2 aliphatic carbocycles. The number of hydrogen-bond donors (Lipinski definition) is 2. The van der Waals surface area contributed by atoms with E-state index in [2.05, 4.69) is 36.0 Å². The summed E-state index contributed by atoms with van der Waals surface area (Å²) in [6.07, 6.45) is 14.7. The third-order valence-corrected chi connectivity index (χ3v) is 9.12. The van der Waals surface area contributed by atoms with E-state index in [1.54, 1.807) is 0 Å². The average molecular weight is 470 g/mol. The highest BCUT2D eigenvalue weighted by atomic mass is 16.5. The molecule has 0 radical (unpaired) electrons. The number of unbranched alkanes of at least 4 members (excludes halogenated alkanes) is 4. The zero-order valence-corrected chi connectivity index (χ0v) is 21.1. The molecule has 4 rings (SSSR count). The Kier molecular flexibility index (Phi) is 7.99. The number of hydrogen-bond acceptors (Lipinski definition) is 4. The van der Waals surface area contributed by atoms with Gasteiger partial charge in [-0.25, -0.2) is 0 Å². The molecule has 34 heavy (non-hydrogen) atoms. The molecule has 0 bridgehead atoms. The van der Waals surface area contributed by atoms with E-state index in [4.69, 9.17) is 10.3 Å². The maximum atomic E-state index is 11.3. The molecule has 0 amide bonds. The molecule has 0 unspecified atom stereocenters. The minimum atomic E-state index is -0.262. The van der Waals surface area contributed by atoms with Gasteiger partial charge < -0.3 is 14.9 Å². The van der Waals surface area contributed by atoms with Crippen LogP contribution in [0.15, 0.2) is 17.2 Å². The van der Waals surface area contributed by atoms with Gasteiger partial charge in [-0.3, -0.25) is 0 Å². The van der Waals surface area contributed by atoms with Gasteiger partial charge in [0.2, 0.25) is 0 Å². The summed E-state index contributed by atoms with van der Waals surface area (Å²) in [6, 6.07) is 4.33. The monoisotopic (exact) mass is 469 g/mol. The van der Waals surface area contributed by atoms with Crippen molar-refractivity contribution in [2.75, 3.05) is 13.2 Å². The van der Waals surface area contributed by atoms with Crippen molar-refractivity contribution in [3.8, 4) is 11.5 Å². The number of nitrogens with zero attached hydrogens (tertiary/aromatic N) is 3. The van der Waals surface area contributed by atoms with E-state index >= 15 is 0 Å². The van der Waals surface area contributed by atoms with Crippen molar-refractivity contribution >= 4 is 0 Å². The highest BCUT2D eigenvalue weighted by Crippen LogP contribution is 2.57. The molecule has 1 aromatic rings. The standard InChI is InChI=1S/C28H43N3O3/c1-27(2)23-11-10-20(19-32)16-22(23)26-24(33)17-21(18-25(26)34-27)28(13-7-8-14-28)12-6-4-3-5-9-15-30-31-29/h17-18,20,22-23,32-33H,3-16,19H2,1-2H3/t20-,22-,23-/m1/s1. The van der Waals surface area contributed by atoms with Crippen LogP contribution in [0.5, 0.6) is 11.5 Å². The average Bonchev–Trinajstić information content (AvgIpc) is 3.30. The zero-order valence-electron chi connectivity index (χ0n) is 21.1. The molecule has 1 aliphatic heterocycles. The topological polar surface area (TPSA) is 98.5 Å². The molecule has 188 valence electrons. The Bertz CT molecular complexity index is 887. The van der Waals surface area contributed by atoms with Crippen molar-refractivity contribution in [3.05, 3.63) is 33.7 Å². The van der Waals surface area contributed by atoms with Crippen molar-refractivity contribution in [1.29, 1.82) is 0 Å². The number of aromatic hydroxyl groups is 1. The summed E-state index contributed by atoms with van der Waals surface area (Å²) >= 11 is 0. The molecule has 6 heteroatoms. The van der Waals surface area contributed by atoms with Crippen LogP contribution in [0, 0.1) is 11.8 Å². The number of aliphatic hydroxyl groups excluding tert-OH is 1. The van der Waals surface area contributed by atoms with Crippen LogP contribution in [-0.4, -0.2) is 29.0 Å². The van der Waals surface area contributed by atoms with Crippen molar-refractivity contribution < 1.29 is 14.9 Å². The van der Waals surface area contributed by atoms with Crippen molar-refractivity contribution in [3.63, 3.8) is 0 Å². The van der Waals surface area contributed by atoms with Crippen LogP contribution in [0.25, 0.3) is 10.4 Å². The molecule has 2 fully saturated rings. The van der Waals surface area contributed by atoms with Crippen LogP contribution in [-0.2, 0) is 5.41 Å². The number of azide groups is 1. The van der Waals surface area contributed by atoms with E-state index < -0.39 is 0 Å². The maximum absolute atomic E-state index is 11.3. The molecule has 3 aliphatic rings. The minimum absolute atomic E-state index is 0.141. The van der Waals surface area contributed by atoms with E-state index in [9.17, 15) is 10.2 Å². The fourth-order valence-electron chi connectivity index (χ4n) is 7.26. The van der Waals surface area contributed by atoms with E-state index in [1.807, 2.05) is 0 Å². The molecule has 0 spiro atoms. The molecule has 0 aromatic heterocycles. The number of phenolic OH excluding ortho intramolecular Hbond substituents is 1. The van der Waals surface area contributed by atoms with Gasteiger partial charge in [0.05, 0.1) is 0 Å². The van der Waals surface area contributed by atoms with E-state index in [1.165, 1.54) is 50.5 Å². The number of rotatable bonds is 10. The lowest BCUT2D eigenvalue weighted by molar-refractivity contribution is -0.0211. The van der Waals surface area contributed by atoms with Gasteiger partial charge in [-0.2, -0.15) is 0 Å². The molecule has 0 saturated heterocycles. The number of aliphatic hydroxyl groups is 1.